The van der Waals surface area contributed by atoms with Crippen molar-refractivity contribution in [3.05, 3.63) is 67.2 Å². The van der Waals surface area contributed by atoms with Crippen LogP contribution >= 0.6 is 61.7 Å². The van der Waals surface area contributed by atoms with Crippen molar-refractivity contribution in [3.8, 4) is 0 Å². The maximum absolute atomic E-state index is 6.03. The van der Waals surface area contributed by atoms with E-state index in [-0.39, 0.29) is 4.83 Å². The molecule has 0 amide bonds. The van der Waals surface area contributed by atoms with Crippen LogP contribution in [-0.4, -0.2) is 0 Å². The topological polar surface area (TPSA) is 0 Å². The summed E-state index contributed by atoms with van der Waals surface area (Å²) in [5.41, 5.74) is 2.33. The van der Waals surface area contributed by atoms with Crippen LogP contribution in [0.2, 0.25) is 10.0 Å². The molecule has 0 aliphatic carbocycles. The summed E-state index contributed by atoms with van der Waals surface area (Å²) in [6, 6.07) is 13.7. The highest BCUT2D eigenvalue weighted by Crippen LogP contribution is 2.35. The van der Waals surface area contributed by atoms with Gasteiger partial charge < -0.3 is 0 Å². The lowest BCUT2D eigenvalue weighted by Gasteiger charge is -2.13. The molecule has 0 bridgehead atoms. The Kier molecular flexibility index (Phi) is 4.75. The monoisotopic (exact) mass is 440 g/mol. The third-order valence-corrected chi connectivity index (χ3v) is 4.89. The molecule has 2 aromatic rings. The normalized spacial score (nSPS) is 12.5. The van der Waals surface area contributed by atoms with Crippen LogP contribution in [0.5, 0.6) is 0 Å². The van der Waals surface area contributed by atoms with E-state index in [1.54, 1.807) is 0 Å². The van der Waals surface area contributed by atoms with Crippen LogP contribution in [0, 0.1) is 3.57 Å². The molecular weight excluding hydrogens is 434 g/mol. The largest absolute Gasteiger partial charge is 0.0843 e. The highest BCUT2D eigenvalue weighted by atomic mass is 127. The van der Waals surface area contributed by atoms with E-state index in [4.69, 9.17) is 23.2 Å². The summed E-state index contributed by atoms with van der Waals surface area (Å²) >= 11 is 17.9. The molecule has 0 aliphatic heterocycles. The molecule has 88 valence electrons. The standard InChI is InChI=1S/C13H8BrCl2I/c14-13(8-1-3-9(15)4-2-8)11-7-10(16)5-6-12(11)17/h1-7,13H. The van der Waals surface area contributed by atoms with E-state index in [0.29, 0.717) is 0 Å². The lowest BCUT2D eigenvalue weighted by Crippen LogP contribution is -1.95. The first kappa shape index (κ1) is 13.7. The predicted octanol–water partition coefficient (Wildman–Crippen LogP) is 6.08. The van der Waals surface area contributed by atoms with Gasteiger partial charge in [0, 0.05) is 13.6 Å². The van der Waals surface area contributed by atoms with Crippen LogP contribution in [0.25, 0.3) is 0 Å². The molecule has 1 unspecified atom stereocenters. The van der Waals surface area contributed by atoms with Gasteiger partial charge in [-0.25, -0.2) is 0 Å². The molecule has 4 heteroatoms. The molecule has 0 fully saturated rings. The molecule has 0 nitrogen and oxygen atoms in total. The molecule has 1 atom stereocenters. The molecule has 0 aromatic heterocycles. The lowest BCUT2D eigenvalue weighted by molar-refractivity contribution is 1.16. The number of benzene rings is 2. The van der Waals surface area contributed by atoms with Gasteiger partial charge in [-0.1, -0.05) is 51.3 Å². The average Bonchev–Trinajstić information content (AvgIpc) is 2.32. The fourth-order valence-electron chi connectivity index (χ4n) is 1.52. The van der Waals surface area contributed by atoms with Crippen LogP contribution in [0.3, 0.4) is 0 Å². The van der Waals surface area contributed by atoms with Crippen molar-refractivity contribution in [3.63, 3.8) is 0 Å². The second kappa shape index (κ2) is 5.91. The van der Waals surface area contributed by atoms with Gasteiger partial charge in [0.1, 0.15) is 0 Å². The van der Waals surface area contributed by atoms with Crippen molar-refractivity contribution < 1.29 is 0 Å². The highest BCUT2D eigenvalue weighted by molar-refractivity contribution is 14.1. The van der Waals surface area contributed by atoms with E-state index in [1.165, 1.54) is 9.13 Å². The van der Waals surface area contributed by atoms with Crippen molar-refractivity contribution in [2.45, 2.75) is 4.83 Å². The number of rotatable bonds is 2. The first-order chi connectivity index (χ1) is 8.08. The Balaban J connectivity index is 2.39. The summed E-state index contributed by atoms with van der Waals surface area (Å²) in [7, 11) is 0. The quantitative estimate of drug-likeness (QED) is 0.391. The smallest absolute Gasteiger partial charge is 0.0655 e. The molecule has 0 spiro atoms. The Labute approximate surface area is 133 Å². The highest BCUT2D eigenvalue weighted by Gasteiger charge is 2.13. The molecule has 0 radical (unpaired) electrons. The van der Waals surface area contributed by atoms with Gasteiger partial charge in [0.25, 0.3) is 0 Å². The van der Waals surface area contributed by atoms with E-state index < -0.39 is 0 Å². The van der Waals surface area contributed by atoms with E-state index >= 15 is 0 Å². The zero-order chi connectivity index (χ0) is 12.4. The SMILES string of the molecule is Clc1ccc(C(Br)c2cc(Cl)ccc2I)cc1. The molecule has 0 N–H and O–H groups in total. The maximum Gasteiger partial charge on any atom is 0.0655 e. The average molecular weight is 442 g/mol. The molecule has 2 aromatic carbocycles. The molecule has 0 saturated heterocycles. The Bertz CT molecular complexity index is 525. The Morgan fingerprint density at radius 3 is 2.18 bits per heavy atom. The van der Waals surface area contributed by atoms with Gasteiger partial charge in [-0.2, -0.15) is 0 Å². The minimum atomic E-state index is 0.130. The second-order valence-electron chi connectivity index (χ2n) is 3.58. The van der Waals surface area contributed by atoms with Crippen molar-refractivity contribution in [1.82, 2.24) is 0 Å². The Hall–Kier alpha value is 0.230. The van der Waals surface area contributed by atoms with Crippen molar-refractivity contribution >= 4 is 61.7 Å². The van der Waals surface area contributed by atoms with Crippen LogP contribution in [0.4, 0.5) is 0 Å². The van der Waals surface area contributed by atoms with E-state index in [1.807, 2.05) is 42.5 Å². The lowest BCUT2D eigenvalue weighted by atomic mass is 10.1. The molecule has 0 heterocycles. The zero-order valence-corrected chi connectivity index (χ0v) is 13.9. The number of alkyl halides is 1. The van der Waals surface area contributed by atoms with Crippen molar-refractivity contribution in [2.75, 3.05) is 0 Å². The summed E-state index contributed by atoms with van der Waals surface area (Å²) in [6.45, 7) is 0. The molecule has 2 rings (SSSR count). The summed E-state index contributed by atoms with van der Waals surface area (Å²) in [5, 5.41) is 1.49. The summed E-state index contributed by atoms with van der Waals surface area (Å²) in [4.78, 5) is 0.130. The zero-order valence-electron chi connectivity index (χ0n) is 8.63. The van der Waals surface area contributed by atoms with Crippen molar-refractivity contribution in [1.29, 1.82) is 0 Å². The van der Waals surface area contributed by atoms with E-state index in [0.717, 1.165) is 15.6 Å². The van der Waals surface area contributed by atoms with Gasteiger partial charge in [0.15, 0.2) is 0 Å². The Morgan fingerprint density at radius 1 is 0.941 bits per heavy atom. The predicted molar refractivity (Wildman–Crippen MR) is 86.4 cm³/mol. The van der Waals surface area contributed by atoms with Gasteiger partial charge >= 0.3 is 0 Å². The third kappa shape index (κ3) is 3.37. The minimum Gasteiger partial charge on any atom is -0.0843 e. The number of hydrogen-bond acceptors (Lipinski definition) is 0. The fourth-order valence-corrected chi connectivity index (χ4v) is 3.59. The molecular formula is C13H8BrCl2I. The van der Waals surface area contributed by atoms with Gasteiger partial charge in [-0.05, 0) is 64.0 Å². The first-order valence-corrected chi connectivity index (χ1v) is 7.67. The number of halogens is 4. The Morgan fingerprint density at radius 2 is 1.53 bits per heavy atom. The maximum atomic E-state index is 6.03. The summed E-state index contributed by atoms with van der Waals surface area (Å²) in [6.07, 6.45) is 0. The molecule has 0 aliphatic rings. The van der Waals surface area contributed by atoms with Crippen LogP contribution in [-0.2, 0) is 0 Å². The minimum absolute atomic E-state index is 0.130. The van der Waals surface area contributed by atoms with E-state index in [2.05, 4.69) is 38.5 Å². The van der Waals surface area contributed by atoms with Gasteiger partial charge in [-0.15, -0.1) is 0 Å². The number of hydrogen-bond donors (Lipinski definition) is 0. The van der Waals surface area contributed by atoms with Gasteiger partial charge in [-0.3, -0.25) is 0 Å². The summed E-state index contributed by atoms with van der Waals surface area (Å²) in [5.74, 6) is 0. The molecule has 17 heavy (non-hydrogen) atoms. The molecule has 0 saturated carbocycles. The van der Waals surface area contributed by atoms with Gasteiger partial charge in [0.2, 0.25) is 0 Å². The second-order valence-corrected chi connectivity index (χ2v) is 6.53. The van der Waals surface area contributed by atoms with E-state index in [9.17, 15) is 0 Å². The summed E-state index contributed by atoms with van der Waals surface area (Å²) < 4.78 is 1.18. The third-order valence-electron chi connectivity index (χ3n) is 2.39. The van der Waals surface area contributed by atoms with Crippen LogP contribution < -0.4 is 0 Å². The van der Waals surface area contributed by atoms with Crippen molar-refractivity contribution in [2.24, 2.45) is 0 Å². The van der Waals surface area contributed by atoms with Gasteiger partial charge in [0.05, 0.1) is 4.83 Å². The van der Waals surface area contributed by atoms with Crippen LogP contribution in [0.15, 0.2) is 42.5 Å². The first-order valence-electron chi connectivity index (χ1n) is 4.92. The van der Waals surface area contributed by atoms with Crippen LogP contribution in [0.1, 0.15) is 16.0 Å². The fraction of sp³-hybridized carbons (Fsp3) is 0.0769.